The fourth-order valence-corrected chi connectivity index (χ4v) is 4.70. The van der Waals surface area contributed by atoms with E-state index in [1.54, 1.807) is 17.4 Å². The number of dihydropyridines is 1. The second-order valence-corrected chi connectivity index (χ2v) is 8.82. The fraction of sp³-hybridized carbons (Fsp3) is 0.400. The van der Waals surface area contributed by atoms with Crippen molar-refractivity contribution in [2.24, 2.45) is 0 Å². The summed E-state index contributed by atoms with van der Waals surface area (Å²) < 4.78 is 14.4. The number of likely N-dealkylation sites (tertiary alicyclic amines) is 1. The number of fused-ring (bicyclic) bond motifs is 1. The van der Waals surface area contributed by atoms with Crippen molar-refractivity contribution in [1.82, 2.24) is 20.4 Å². The van der Waals surface area contributed by atoms with Gasteiger partial charge in [-0.1, -0.05) is 11.6 Å². The molecule has 1 saturated heterocycles. The molecule has 144 valence electrons. The van der Waals surface area contributed by atoms with Crippen LogP contribution in [0.4, 0.5) is 4.39 Å². The van der Waals surface area contributed by atoms with Gasteiger partial charge in [-0.15, -0.1) is 11.3 Å². The summed E-state index contributed by atoms with van der Waals surface area (Å²) >= 11 is 7.64. The Bertz CT molecular complexity index is 790. The van der Waals surface area contributed by atoms with E-state index in [0.29, 0.717) is 6.04 Å². The van der Waals surface area contributed by atoms with Gasteiger partial charge in [-0.25, -0.2) is 4.39 Å². The highest BCUT2D eigenvalue weighted by Gasteiger charge is 2.22. The van der Waals surface area contributed by atoms with Crippen molar-refractivity contribution in [1.29, 1.82) is 0 Å². The van der Waals surface area contributed by atoms with Crippen molar-refractivity contribution in [3.05, 3.63) is 69.2 Å². The van der Waals surface area contributed by atoms with Crippen molar-refractivity contribution in [3.63, 3.8) is 0 Å². The monoisotopic (exact) mass is 406 g/mol. The topological polar surface area (TPSA) is 30.5 Å². The molecule has 1 aromatic heterocycles. The van der Waals surface area contributed by atoms with Gasteiger partial charge < -0.3 is 20.4 Å². The Balaban J connectivity index is 1.21. The highest BCUT2D eigenvalue weighted by atomic mass is 35.5. The van der Waals surface area contributed by atoms with Crippen LogP contribution in [0.5, 0.6) is 0 Å². The van der Waals surface area contributed by atoms with Crippen LogP contribution in [0.25, 0.3) is 0 Å². The van der Waals surface area contributed by atoms with Crippen LogP contribution in [0.3, 0.4) is 0 Å². The average Bonchev–Trinajstić information content (AvgIpc) is 3.11. The first-order chi connectivity index (χ1) is 13.2. The molecule has 0 atom stereocenters. The maximum absolute atomic E-state index is 13.6. The lowest BCUT2D eigenvalue weighted by atomic mass is 10.0. The molecule has 4 nitrogen and oxygen atoms in total. The first kappa shape index (κ1) is 18.7. The number of halogens is 2. The zero-order chi connectivity index (χ0) is 18.6. The highest BCUT2D eigenvalue weighted by Crippen LogP contribution is 2.24. The van der Waals surface area contributed by atoms with E-state index in [4.69, 9.17) is 11.6 Å². The zero-order valence-corrected chi connectivity index (χ0v) is 16.7. The Morgan fingerprint density at radius 1 is 1.26 bits per heavy atom. The molecule has 0 radical (unpaired) electrons. The first-order valence-corrected chi connectivity index (χ1v) is 10.6. The van der Waals surface area contributed by atoms with E-state index < -0.39 is 0 Å². The maximum atomic E-state index is 13.6. The summed E-state index contributed by atoms with van der Waals surface area (Å²) in [5.41, 5.74) is 1.86. The van der Waals surface area contributed by atoms with Gasteiger partial charge in [0, 0.05) is 49.0 Å². The van der Waals surface area contributed by atoms with Gasteiger partial charge in [0.2, 0.25) is 0 Å². The molecule has 0 amide bonds. The van der Waals surface area contributed by atoms with Gasteiger partial charge in [0.1, 0.15) is 5.83 Å². The third-order valence-corrected chi connectivity index (χ3v) is 6.42. The van der Waals surface area contributed by atoms with Crippen LogP contribution in [-0.2, 0) is 6.54 Å². The van der Waals surface area contributed by atoms with E-state index >= 15 is 0 Å². The number of nitrogens with one attached hydrogen (secondary N) is 2. The second kappa shape index (κ2) is 8.61. The maximum Gasteiger partial charge on any atom is 0.141 e. The largest absolute Gasteiger partial charge is 0.357 e. The number of thiophene rings is 1. The molecule has 1 aromatic rings. The molecule has 3 aliphatic rings. The minimum atomic E-state index is -0.235. The standard InChI is InChI=1S/C20H24ClFN4S/c21-20-4-3-17(27-20)14-23-16-5-8-25(9-6-16)10-11-26-7-1-2-18-19(26)12-15(22)13-24-18/h1-4,7,12-13,16,23-24H,5-6,8-11,14H2. The normalized spacial score (nSPS) is 20.7. The van der Waals surface area contributed by atoms with Gasteiger partial charge in [0.05, 0.1) is 15.7 Å². The molecule has 0 aliphatic carbocycles. The van der Waals surface area contributed by atoms with Crippen molar-refractivity contribution >= 4 is 22.9 Å². The van der Waals surface area contributed by atoms with Crippen LogP contribution < -0.4 is 10.6 Å². The van der Waals surface area contributed by atoms with Crippen LogP contribution in [0.1, 0.15) is 17.7 Å². The predicted molar refractivity (Wildman–Crippen MR) is 110 cm³/mol. The lowest BCUT2D eigenvalue weighted by Crippen LogP contribution is -2.44. The van der Waals surface area contributed by atoms with Crippen LogP contribution in [0.2, 0.25) is 4.34 Å². The van der Waals surface area contributed by atoms with Gasteiger partial charge >= 0.3 is 0 Å². The number of rotatable bonds is 6. The molecule has 7 heteroatoms. The summed E-state index contributed by atoms with van der Waals surface area (Å²) in [5.74, 6) is -0.235. The Morgan fingerprint density at radius 2 is 2.11 bits per heavy atom. The molecule has 0 spiro atoms. The number of nitrogens with zero attached hydrogens (tertiary/aromatic N) is 2. The summed E-state index contributed by atoms with van der Waals surface area (Å²) in [6.07, 6.45) is 11.3. The molecule has 1 fully saturated rings. The number of hydrogen-bond donors (Lipinski definition) is 2. The number of allylic oxidation sites excluding steroid dienone is 4. The van der Waals surface area contributed by atoms with Crippen molar-refractivity contribution < 1.29 is 4.39 Å². The van der Waals surface area contributed by atoms with Gasteiger partial charge in [-0.2, -0.15) is 0 Å². The lowest BCUT2D eigenvalue weighted by molar-refractivity contribution is 0.186. The lowest BCUT2D eigenvalue weighted by Gasteiger charge is -2.35. The van der Waals surface area contributed by atoms with Crippen LogP contribution in [0, 0.1) is 0 Å². The Labute approximate surface area is 168 Å². The SMILES string of the molecule is FC1=CNC2=CC=CN(CCN3CCC(NCc4ccc(Cl)s4)CC3)C2=C1. The second-order valence-electron chi connectivity index (χ2n) is 7.02. The molecule has 0 saturated carbocycles. The molecule has 0 aromatic carbocycles. The molecule has 0 unspecified atom stereocenters. The fourth-order valence-electron chi connectivity index (χ4n) is 3.66. The molecular formula is C20H24ClFN4S. The van der Waals surface area contributed by atoms with E-state index in [-0.39, 0.29) is 5.83 Å². The zero-order valence-electron chi connectivity index (χ0n) is 15.1. The minimum absolute atomic E-state index is 0.235. The van der Waals surface area contributed by atoms with Gasteiger partial charge in [-0.05, 0) is 50.2 Å². The van der Waals surface area contributed by atoms with Gasteiger partial charge in [0.25, 0.3) is 0 Å². The smallest absolute Gasteiger partial charge is 0.141 e. The third kappa shape index (κ3) is 4.82. The highest BCUT2D eigenvalue weighted by molar-refractivity contribution is 7.16. The summed E-state index contributed by atoms with van der Waals surface area (Å²) in [7, 11) is 0. The van der Waals surface area contributed by atoms with E-state index in [2.05, 4.69) is 26.5 Å². The van der Waals surface area contributed by atoms with Crippen molar-refractivity contribution in [2.45, 2.75) is 25.4 Å². The Morgan fingerprint density at radius 3 is 2.89 bits per heavy atom. The molecule has 4 heterocycles. The van der Waals surface area contributed by atoms with Crippen molar-refractivity contribution in [2.75, 3.05) is 26.2 Å². The quantitative estimate of drug-likeness (QED) is 0.748. The van der Waals surface area contributed by atoms with E-state index in [9.17, 15) is 4.39 Å². The molecule has 4 rings (SSSR count). The van der Waals surface area contributed by atoms with E-state index in [0.717, 1.165) is 61.3 Å². The molecule has 0 bridgehead atoms. The minimum Gasteiger partial charge on any atom is -0.357 e. The molecule has 2 N–H and O–H groups in total. The summed E-state index contributed by atoms with van der Waals surface area (Å²) in [6, 6.07) is 4.62. The summed E-state index contributed by atoms with van der Waals surface area (Å²) in [4.78, 5) is 5.91. The van der Waals surface area contributed by atoms with Crippen LogP contribution in [0.15, 0.2) is 60.0 Å². The third-order valence-electron chi connectivity index (χ3n) is 5.19. The van der Waals surface area contributed by atoms with Gasteiger partial charge in [-0.3, -0.25) is 0 Å². The van der Waals surface area contributed by atoms with Gasteiger partial charge in [0.15, 0.2) is 0 Å². The van der Waals surface area contributed by atoms with E-state index in [1.807, 2.05) is 24.4 Å². The number of hydrogen-bond acceptors (Lipinski definition) is 5. The summed E-state index contributed by atoms with van der Waals surface area (Å²) in [5, 5.41) is 6.66. The number of piperidine rings is 1. The first-order valence-electron chi connectivity index (χ1n) is 9.37. The van der Waals surface area contributed by atoms with Crippen molar-refractivity contribution in [3.8, 4) is 0 Å². The molecule has 3 aliphatic heterocycles. The van der Waals surface area contributed by atoms with Crippen LogP contribution in [-0.4, -0.2) is 42.0 Å². The van der Waals surface area contributed by atoms with E-state index in [1.165, 1.54) is 11.1 Å². The average molecular weight is 407 g/mol. The summed E-state index contributed by atoms with van der Waals surface area (Å²) in [6.45, 7) is 4.92. The predicted octanol–water partition coefficient (Wildman–Crippen LogP) is 3.97. The Hall–Kier alpha value is -1.60. The molecule has 27 heavy (non-hydrogen) atoms. The molecular weight excluding hydrogens is 383 g/mol. The van der Waals surface area contributed by atoms with Crippen LogP contribution >= 0.6 is 22.9 Å². The Kier molecular flexibility index (Phi) is 5.98.